The van der Waals surface area contributed by atoms with Gasteiger partial charge in [0.15, 0.2) is 0 Å². The fourth-order valence-corrected chi connectivity index (χ4v) is 4.38. The fraction of sp³-hybridized carbons (Fsp3) is 0.444. The molecule has 182 valence electrons. The zero-order valence-electron chi connectivity index (χ0n) is 20.2. The van der Waals surface area contributed by atoms with Gasteiger partial charge in [-0.2, -0.15) is 0 Å². The van der Waals surface area contributed by atoms with Crippen LogP contribution >= 0.6 is 0 Å². The number of carbonyl (C=O) groups excluding carboxylic acids is 2. The van der Waals surface area contributed by atoms with Gasteiger partial charge in [0, 0.05) is 12.0 Å². The average molecular weight is 467 g/mol. The van der Waals surface area contributed by atoms with E-state index in [1.165, 1.54) is 0 Å². The molecule has 1 aliphatic carbocycles. The van der Waals surface area contributed by atoms with Crippen LogP contribution in [0.25, 0.3) is 11.1 Å². The third-order valence-electron chi connectivity index (χ3n) is 6.64. The summed E-state index contributed by atoms with van der Waals surface area (Å²) in [7, 11) is 0. The van der Waals surface area contributed by atoms with Crippen LogP contribution in [0.3, 0.4) is 0 Å². The van der Waals surface area contributed by atoms with Gasteiger partial charge in [0.05, 0.1) is 6.42 Å². The van der Waals surface area contributed by atoms with Gasteiger partial charge in [0.2, 0.25) is 5.91 Å². The fourth-order valence-electron chi connectivity index (χ4n) is 4.38. The first-order valence-electron chi connectivity index (χ1n) is 11.9. The Kier molecular flexibility index (Phi) is 8.31. The van der Waals surface area contributed by atoms with Gasteiger partial charge in [-0.15, -0.1) is 0 Å². The predicted molar refractivity (Wildman–Crippen MR) is 130 cm³/mol. The molecule has 0 bridgehead atoms. The first-order chi connectivity index (χ1) is 16.2. The molecule has 0 saturated carbocycles. The summed E-state index contributed by atoms with van der Waals surface area (Å²) < 4.78 is 5.61. The van der Waals surface area contributed by atoms with E-state index in [2.05, 4.69) is 22.8 Å². The number of nitrogens with one attached hydrogen (secondary N) is 2. The quantitative estimate of drug-likeness (QED) is 0.476. The lowest BCUT2D eigenvalue weighted by atomic mass is 9.96. The number of ether oxygens (including phenoxy) is 1. The molecule has 0 heterocycles. The third kappa shape index (κ3) is 5.76. The van der Waals surface area contributed by atoms with Crippen LogP contribution in [-0.4, -0.2) is 41.8 Å². The van der Waals surface area contributed by atoms with E-state index in [1.54, 1.807) is 0 Å². The standard InChI is InChI=1S/C27H34N2O5/c1-5-17(4)25(26(32)28-23(16(2)3)14-24(30)31)29-27(33)34-15-22-20-12-8-6-10-18(20)19-11-7-9-13-21(19)22/h6-13,16-17,22-23,25H,5,14-15H2,1-4H3,(H,28,32)(H,29,33)(H,30,31)/t17?,23-,25+/m1/s1. The SMILES string of the molecule is CCC(C)[C@H](NC(=O)OCC1c2ccccc2-c2ccccc21)C(=O)N[C@H](CC(=O)O)C(C)C. The normalized spacial score (nSPS) is 15.1. The van der Waals surface area contributed by atoms with Crippen LogP contribution in [0.15, 0.2) is 48.5 Å². The lowest BCUT2D eigenvalue weighted by molar-refractivity contribution is -0.138. The Bertz CT molecular complexity index is 990. The monoisotopic (exact) mass is 466 g/mol. The summed E-state index contributed by atoms with van der Waals surface area (Å²) in [5.74, 6) is -1.67. The highest BCUT2D eigenvalue weighted by Gasteiger charge is 2.32. The largest absolute Gasteiger partial charge is 0.481 e. The van der Waals surface area contributed by atoms with E-state index in [0.29, 0.717) is 6.42 Å². The first kappa shape index (κ1) is 25.3. The van der Waals surface area contributed by atoms with Crippen LogP contribution in [0.1, 0.15) is 57.6 Å². The number of alkyl carbamates (subject to hydrolysis) is 1. The highest BCUT2D eigenvalue weighted by atomic mass is 16.5. The maximum absolute atomic E-state index is 13.0. The highest BCUT2D eigenvalue weighted by molar-refractivity contribution is 5.86. The minimum Gasteiger partial charge on any atom is -0.481 e. The molecule has 0 saturated heterocycles. The van der Waals surface area contributed by atoms with Crippen molar-refractivity contribution in [1.29, 1.82) is 0 Å². The topological polar surface area (TPSA) is 105 Å². The van der Waals surface area contributed by atoms with E-state index in [1.807, 2.05) is 64.1 Å². The van der Waals surface area contributed by atoms with Crippen molar-refractivity contribution in [2.45, 2.75) is 58.5 Å². The molecular formula is C27H34N2O5. The van der Waals surface area contributed by atoms with Crippen molar-refractivity contribution < 1.29 is 24.2 Å². The Labute approximate surface area is 200 Å². The number of fused-ring (bicyclic) bond motifs is 3. The molecule has 3 atom stereocenters. The second-order valence-corrected chi connectivity index (χ2v) is 9.29. The maximum atomic E-state index is 13.0. The summed E-state index contributed by atoms with van der Waals surface area (Å²) in [6.07, 6.45) is -0.184. The second kappa shape index (κ2) is 11.2. The summed E-state index contributed by atoms with van der Waals surface area (Å²) in [5, 5.41) is 14.7. The van der Waals surface area contributed by atoms with Crippen molar-refractivity contribution in [2.75, 3.05) is 6.61 Å². The van der Waals surface area contributed by atoms with Crippen molar-refractivity contribution in [3.05, 3.63) is 59.7 Å². The van der Waals surface area contributed by atoms with E-state index in [-0.39, 0.29) is 30.8 Å². The molecule has 0 radical (unpaired) electrons. The van der Waals surface area contributed by atoms with E-state index in [9.17, 15) is 14.4 Å². The minimum absolute atomic E-state index is 0.0629. The first-order valence-corrected chi connectivity index (χ1v) is 11.9. The van der Waals surface area contributed by atoms with Crippen molar-refractivity contribution >= 4 is 18.0 Å². The summed E-state index contributed by atoms with van der Waals surface area (Å²) in [5.41, 5.74) is 4.51. The Balaban J connectivity index is 1.68. The Morgan fingerprint density at radius 2 is 1.50 bits per heavy atom. The summed E-state index contributed by atoms with van der Waals surface area (Å²) in [4.78, 5) is 36.9. The predicted octanol–water partition coefficient (Wildman–Crippen LogP) is 4.56. The van der Waals surface area contributed by atoms with Crippen LogP contribution in [0, 0.1) is 11.8 Å². The van der Waals surface area contributed by atoms with Gasteiger partial charge in [-0.3, -0.25) is 9.59 Å². The van der Waals surface area contributed by atoms with E-state index in [4.69, 9.17) is 9.84 Å². The van der Waals surface area contributed by atoms with Crippen molar-refractivity contribution in [3.63, 3.8) is 0 Å². The molecule has 0 fully saturated rings. The Morgan fingerprint density at radius 3 is 2.00 bits per heavy atom. The number of hydrogen-bond donors (Lipinski definition) is 3. The average Bonchev–Trinajstić information content (AvgIpc) is 3.13. The molecule has 1 unspecified atom stereocenters. The maximum Gasteiger partial charge on any atom is 0.407 e. The van der Waals surface area contributed by atoms with Crippen LogP contribution in [0.4, 0.5) is 4.79 Å². The van der Waals surface area contributed by atoms with Crippen molar-refractivity contribution in [3.8, 4) is 11.1 Å². The van der Waals surface area contributed by atoms with Crippen LogP contribution in [0.2, 0.25) is 0 Å². The van der Waals surface area contributed by atoms with Crippen molar-refractivity contribution in [2.24, 2.45) is 11.8 Å². The zero-order valence-corrected chi connectivity index (χ0v) is 20.2. The van der Waals surface area contributed by atoms with Gasteiger partial charge >= 0.3 is 12.1 Å². The van der Waals surface area contributed by atoms with Crippen LogP contribution < -0.4 is 10.6 Å². The van der Waals surface area contributed by atoms with Gasteiger partial charge < -0.3 is 20.5 Å². The number of carboxylic acids is 1. The van der Waals surface area contributed by atoms with Crippen LogP contribution in [0.5, 0.6) is 0 Å². The Hall–Kier alpha value is -3.35. The zero-order chi connectivity index (χ0) is 24.8. The number of carbonyl (C=O) groups is 3. The molecule has 7 nitrogen and oxygen atoms in total. The summed E-state index contributed by atoms with van der Waals surface area (Å²) in [6.45, 7) is 7.66. The molecule has 7 heteroatoms. The Morgan fingerprint density at radius 1 is 0.941 bits per heavy atom. The number of amides is 2. The molecule has 3 N–H and O–H groups in total. The molecule has 3 rings (SSSR count). The smallest absolute Gasteiger partial charge is 0.407 e. The van der Waals surface area contributed by atoms with Gasteiger partial charge in [-0.25, -0.2) is 4.79 Å². The number of hydrogen-bond acceptors (Lipinski definition) is 4. The van der Waals surface area contributed by atoms with Gasteiger partial charge in [0.25, 0.3) is 0 Å². The molecule has 2 aromatic carbocycles. The lowest BCUT2D eigenvalue weighted by Gasteiger charge is -2.27. The highest BCUT2D eigenvalue weighted by Crippen LogP contribution is 2.44. The molecular weight excluding hydrogens is 432 g/mol. The van der Waals surface area contributed by atoms with Gasteiger partial charge in [-0.1, -0.05) is 82.6 Å². The molecule has 2 aromatic rings. The van der Waals surface area contributed by atoms with E-state index < -0.39 is 30.1 Å². The summed E-state index contributed by atoms with van der Waals surface area (Å²) >= 11 is 0. The van der Waals surface area contributed by atoms with Gasteiger partial charge in [-0.05, 0) is 34.1 Å². The molecule has 34 heavy (non-hydrogen) atoms. The number of rotatable bonds is 10. The summed E-state index contributed by atoms with van der Waals surface area (Å²) in [6, 6.07) is 14.8. The lowest BCUT2D eigenvalue weighted by Crippen LogP contribution is -2.54. The molecule has 0 spiro atoms. The minimum atomic E-state index is -0.983. The van der Waals surface area contributed by atoms with E-state index in [0.717, 1.165) is 22.3 Å². The third-order valence-corrected chi connectivity index (χ3v) is 6.64. The second-order valence-electron chi connectivity index (χ2n) is 9.29. The van der Waals surface area contributed by atoms with Gasteiger partial charge in [0.1, 0.15) is 12.6 Å². The van der Waals surface area contributed by atoms with Crippen molar-refractivity contribution in [1.82, 2.24) is 10.6 Å². The van der Waals surface area contributed by atoms with E-state index >= 15 is 0 Å². The molecule has 1 aliphatic rings. The number of benzene rings is 2. The molecule has 0 aliphatic heterocycles. The molecule has 0 aromatic heterocycles. The van der Waals surface area contributed by atoms with Crippen LogP contribution in [-0.2, 0) is 14.3 Å². The number of aliphatic carboxylic acids is 1. The number of carboxylic acid groups (broad SMARTS) is 1. The molecule has 2 amide bonds.